The van der Waals surface area contributed by atoms with Gasteiger partial charge in [0.1, 0.15) is 6.54 Å². The van der Waals surface area contributed by atoms with Crippen LogP contribution in [0.1, 0.15) is 0 Å². The number of amides is 2. The lowest BCUT2D eigenvalue weighted by Crippen LogP contribution is -2.20. The lowest BCUT2D eigenvalue weighted by atomic mass is 10.2. The second-order valence-electron chi connectivity index (χ2n) is 4.70. The number of benzene rings is 1. The third-order valence-electron chi connectivity index (χ3n) is 2.93. The zero-order valence-corrected chi connectivity index (χ0v) is 11.5. The van der Waals surface area contributed by atoms with Crippen molar-refractivity contribution in [1.82, 2.24) is 25.5 Å². The fourth-order valence-corrected chi connectivity index (χ4v) is 2.01. The number of nitrogens with one attached hydrogen (secondary N) is 2. The molecule has 1 aliphatic rings. The van der Waals surface area contributed by atoms with E-state index in [1.165, 1.54) is 6.08 Å². The Morgan fingerprint density at radius 2 is 2.32 bits per heavy atom. The van der Waals surface area contributed by atoms with Crippen molar-refractivity contribution in [1.29, 1.82) is 0 Å². The van der Waals surface area contributed by atoms with E-state index in [2.05, 4.69) is 26.0 Å². The monoisotopic (exact) mass is 299 g/mol. The Kier molecular flexibility index (Phi) is 3.52. The molecular formula is C13H13N7O2. The fourth-order valence-electron chi connectivity index (χ4n) is 2.01. The molecule has 0 fully saturated rings. The van der Waals surface area contributed by atoms with Crippen molar-refractivity contribution in [2.75, 3.05) is 11.9 Å². The molecular weight excluding hydrogens is 286 g/mol. The van der Waals surface area contributed by atoms with E-state index >= 15 is 0 Å². The van der Waals surface area contributed by atoms with Crippen LogP contribution in [0.15, 0.2) is 36.0 Å². The summed E-state index contributed by atoms with van der Waals surface area (Å²) in [5.74, 6) is -0.265. The molecule has 1 aromatic heterocycles. The quantitative estimate of drug-likeness (QED) is 0.666. The number of carbonyl (C=O) groups is 2. The van der Waals surface area contributed by atoms with Crippen molar-refractivity contribution in [3.05, 3.63) is 36.0 Å². The Hall–Kier alpha value is -3.23. The zero-order chi connectivity index (χ0) is 15.5. The van der Waals surface area contributed by atoms with Gasteiger partial charge in [-0.15, -0.1) is 10.2 Å². The van der Waals surface area contributed by atoms with E-state index in [1.54, 1.807) is 0 Å². The van der Waals surface area contributed by atoms with Gasteiger partial charge in [-0.25, -0.2) is 0 Å². The number of nitrogens with two attached hydrogens (primary N) is 1. The molecule has 22 heavy (non-hydrogen) atoms. The van der Waals surface area contributed by atoms with Gasteiger partial charge in [-0.2, -0.15) is 4.80 Å². The number of nitrogens with zero attached hydrogens (tertiary/aromatic N) is 4. The summed E-state index contributed by atoms with van der Waals surface area (Å²) < 4.78 is 0. The molecule has 3 rings (SSSR count). The Morgan fingerprint density at radius 1 is 1.45 bits per heavy atom. The van der Waals surface area contributed by atoms with E-state index in [4.69, 9.17) is 5.73 Å². The molecule has 9 heteroatoms. The summed E-state index contributed by atoms with van der Waals surface area (Å²) in [5.41, 5.74) is 7.40. The first-order valence-corrected chi connectivity index (χ1v) is 6.52. The van der Waals surface area contributed by atoms with Crippen LogP contribution in [0.2, 0.25) is 0 Å². The van der Waals surface area contributed by atoms with Crippen LogP contribution in [-0.2, 0) is 16.1 Å². The van der Waals surface area contributed by atoms with Gasteiger partial charge >= 0.3 is 0 Å². The fraction of sp³-hybridized carbons (Fsp3) is 0.154. The van der Waals surface area contributed by atoms with Crippen molar-refractivity contribution in [3.63, 3.8) is 0 Å². The molecule has 2 heterocycles. The predicted molar refractivity (Wildman–Crippen MR) is 77.2 cm³/mol. The van der Waals surface area contributed by atoms with Crippen LogP contribution in [0.5, 0.6) is 0 Å². The van der Waals surface area contributed by atoms with E-state index in [9.17, 15) is 9.59 Å². The van der Waals surface area contributed by atoms with Crippen LogP contribution in [0.3, 0.4) is 0 Å². The number of carbonyl (C=O) groups excluding carboxylic acids is 2. The average Bonchev–Trinajstić information content (AvgIpc) is 3.08. The molecule has 0 spiro atoms. The molecule has 2 amide bonds. The van der Waals surface area contributed by atoms with Gasteiger partial charge in [-0.1, -0.05) is 12.1 Å². The number of rotatable bonds is 5. The second-order valence-corrected chi connectivity index (χ2v) is 4.70. The van der Waals surface area contributed by atoms with Crippen LogP contribution >= 0.6 is 0 Å². The third kappa shape index (κ3) is 3.08. The van der Waals surface area contributed by atoms with Crippen molar-refractivity contribution < 1.29 is 9.59 Å². The Balaban J connectivity index is 1.78. The number of primary amides is 1. The van der Waals surface area contributed by atoms with Gasteiger partial charge in [0.05, 0.1) is 6.54 Å². The van der Waals surface area contributed by atoms with Gasteiger partial charge in [0.25, 0.3) is 0 Å². The third-order valence-corrected chi connectivity index (χ3v) is 2.93. The lowest BCUT2D eigenvalue weighted by Gasteiger charge is -2.07. The molecule has 0 aliphatic carbocycles. The first-order chi connectivity index (χ1) is 10.6. The number of aromatic nitrogens is 4. The molecule has 0 unspecified atom stereocenters. The first-order valence-electron chi connectivity index (χ1n) is 6.52. The minimum Gasteiger partial charge on any atom is -0.368 e. The summed E-state index contributed by atoms with van der Waals surface area (Å²) in [4.78, 5) is 23.1. The van der Waals surface area contributed by atoms with Gasteiger partial charge in [0.2, 0.25) is 17.6 Å². The van der Waals surface area contributed by atoms with Gasteiger partial charge in [0, 0.05) is 23.0 Å². The highest BCUT2D eigenvalue weighted by Crippen LogP contribution is 2.20. The minimum atomic E-state index is -0.537. The SMILES string of the molecule is NC(=O)Cn1nnc(-c2cccc(NC3=CC(=O)NC3)c2)n1. The van der Waals surface area contributed by atoms with Gasteiger partial charge in [0.15, 0.2) is 0 Å². The summed E-state index contributed by atoms with van der Waals surface area (Å²) in [6.07, 6.45) is 1.51. The lowest BCUT2D eigenvalue weighted by molar-refractivity contribution is -0.119. The highest BCUT2D eigenvalue weighted by atomic mass is 16.2. The molecule has 0 atom stereocenters. The summed E-state index contributed by atoms with van der Waals surface area (Å²) in [7, 11) is 0. The Morgan fingerprint density at radius 3 is 3.05 bits per heavy atom. The maximum Gasteiger partial charge on any atom is 0.246 e. The highest BCUT2D eigenvalue weighted by molar-refractivity contribution is 5.91. The highest BCUT2D eigenvalue weighted by Gasteiger charge is 2.12. The molecule has 4 N–H and O–H groups in total. The Labute approximate surface area is 125 Å². The molecule has 9 nitrogen and oxygen atoms in total. The second kappa shape index (κ2) is 5.64. The largest absolute Gasteiger partial charge is 0.368 e. The van der Waals surface area contributed by atoms with Crippen LogP contribution in [0.25, 0.3) is 11.4 Å². The standard InChI is InChI=1S/C13H13N7O2/c14-11(21)7-20-18-13(17-19-20)8-2-1-3-9(4-8)16-10-5-12(22)15-6-10/h1-5,16H,6-7H2,(H2,14,21)(H,15,22). The van der Waals surface area contributed by atoms with Crippen LogP contribution in [-0.4, -0.2) is 38.6 Å². The van der Waals surface area contributed by atoms with Crippen LogP contribution < -0.4 is 16.4 Å². The molecule has 1 aromatic carbocycles. The number of anilines is 1. The van der Waals surface area contributed by atoms with E-state index in [0.29, 0.717) is 12.4 Å². The van der Waals surface area contributed by atoms with Crippen molar-refractivity contribution >= 4 is 17.5 Å². The first kappa shape index (κ1) is 13.7. The van der Waals surface area contributed by atoms with Crippen LogP contribution in [0.4, 0.5) is 5.69 Å². The molecule has 0 radical (unpaired) electrons. The number of tetrazole rings is 1. The minimum absolute atomic E-state index is 0.116. The van der Waals surface area contributed by atoms with E-state index in [-0.39, 0.29) is 12.5 Å². The summed E-state index contributed by atoms with van der Waals surface area (Å²) >= 11 is 0. The summed E-state index contributed by atoms with van der Waals surface area (Å²) in [6.45, 7) is 0.349. The van der Waals surface area contributed by atoms with E-state index < -0.39 is 5.91 Å². The summed E-state index contributed by atoms with van der Waals surface area (Å²) in [6, 6.07) is 7.34. The number of hydrogen-bond acceptors (Lipinski definition) is 6. The normalized spacial score (nSPS) is 13.6. The van der Waals surface area contributed by atoms with Crippen LogP contribution in [0, 0.1) is 0 Å². The maximum atomic E-state index is 11.1. The van der Waals surface area contributed by atoms with Crippen molar-refractivity contribution in [3.8, 4) is 11.4 Å². The van der Waals surface area contributed by atoms with E-state index in [1.807, 2.05) is 24.3 Å². The molecule has 0 bridgehead atoms. The maximum absolute atomic E-state index is 11.1. The Bertz CT molecular complexity index is 765. The van der Waals surface area contributed by atoms with Crippen molar-refractivity contribution in [2.24, 2.45) is 5.73 Å². The molecule has 2 aromatic rings. The predicted octanol–water partition coefficient (Wildman–Crippen LogP) is -0.749. The molecule has 0 saturated carbocycles. The molecule has 0 saturated heterocycles. The topological polar surface area (TPSA) is 128 Å². The molecule has 112 valence electrons. The average molecular weight is 299 g/mol. The van der Waals surface area contributed by atoms with Gasteiger partial charge in [-0.3, -0.25) is 9.59 Å². The van der Waals surface area contributed by atoms with Gasteiger partial charge < -0.3 is 16.4 Å². The smallest absolute Gasteiger partial charge is 0.246 e. The number of hydrogen-bond donors (Lipinski definition) is 3. The van der Waals surface area contributed by atoms with E-state index in [0.717, 1.165) is 21.7 Å². The van der Waals surface area contributed by atoms with Crippen molar-refractivity contribution in [2.45, 2.75) is 6.54 Å². The molecule has 1 aliphatic heterocycles. The zero-order valence-electron chi connectivity index (χ0n) is 11.5. The van der Waals surface area contributed by atoms with Gasteiger partial charge in [-0.05, 0) is 17.3 Å². The summed E-state index contributed by atoms with van der Waals surface area (Å²) in [5, 5.41) is 17.6.